The Balaban J connectivity index is -0.000000337. The molecule has 0 saturated carbocycles. The van der Waals surface area contributed by atoms with E-state index in [9.17, 15) is 19.2 Å². The number of carboxylic acid groups (broad SMARTS) is 2. The zero-order valence-corrected chi connectivity index (χ0v) is 14.6. The highest BCUT2D eigenvalue weighted by Crippen LogP contribution is 2.04. The molecule has 0 aromatic rings. The van der Waals surface area contributed by atoms with Crippen molar-refractivity contribution >= 4 is 23.9 Å². The van der Waals surface area contributed by atoms with Gasteiger partial charge in [-0.05, 0) is 20.3 Å². The summed E-state index contributed by atoms with van der Waals surface area (Å²) in [7, 11) is 1.25. The van der Waals surface area contributed by atoms with Gasteiger partial charge in [-0.25, -0.2) is 19.2 Å². The molecule has 8 nitrogen and oxygen atoms in total. The van der Waals surface area contributed by atoms with Gasteiger partial charge in [0.15, 0.2) is 0 Å². The number of carbonyl (C=O) groups excluding carboxylic acids is 2. The first-order valence-corrected chi connectivity index (χ1v) is 6.87. The lowest BCUT2D eigenvalue weighted by atomic mass is 10.1. The summed E-state index contributed by atoms with van der Waals surface area (Å²) in [5.74, 6) is -2.86. The second-order valence-corrected chi connectivity index (χ2v) is 3.99. The number of carboxylic acids is 2. The summed E-state index contributed by atoms with van der Waals surface area (Å²) in [4.78, 5) is 40.5. The predicted octanol–water partition coefficient (Wildman–Crippen LogP) is 2.13. The van der Waals surface area contributed by atoms with Gasteiger partial charge in [0.1, 0.15) is 0 Å². The van der Waals surface area contributed by atoms with Crippen LogP contribution in [0, 0.1) is 0 Å². The quantitative estimate of drug-likeness (QED) is 0.524. The van der Waals surface area contributed by atoms with Gasteiger partial charge in [-0.1, -0.05) is 25.8 Å². The van der Waals surface area contributed by atoms with E-state index in [2.05, 4.69) is 29.2 Å². The number of hydrogen-bond acceptors (Lipinski definition) is 6. The Labute approximate surface area is 146 Å². The molecule has 140 valence electrons. The van der Waals surface area contributed by atoms with Crippen molar-refractivity contribution in [3.63, 3.8) is 0 Å². The number of hydrogen-bond donors (Lipinski definition) is 2. The van der Waals surface area contributed by atoms with Crippen LogP contribution in [0.4, 0.5) is 0 Å². The smallest absolute Gasteiger partial charge is 0.333 e. The molecule has 8 heteroatoms. The maximum absolute atomic E-state index is 10.8. The molecule has 0 bridgehead atoms. The molecule has 25 heavy (non-hydrogen) atoms. The number of rotatable bonds is 7. The Morgan fingerprint density at radius 3 is 1.80 bits per heavy atom. The molecule has 0 radical (unpaired) electrons. The van der Waals surface area contributed by atoms with Crippen LogP contribution in [0.15, 0.2) is 49.1 Å². The molecule has 0 aromatic carbocycles. The van der Waals surface area contributed by atoms with E-state index in [1.54, 1.807) is 6.92 Å². The first-order valence-electron chi connectivity index (χ1n) is 6.87. The van der Waals surface area contributed by atoms with E-state index in [0.717, 1.165) is 12.2 Å². The van der Waals surface area contributed by atoms with Crippen molar-refractivity contribution in [2.24, 2.45) is 0 Å². The molecule has 2 N–H and O–H groups in total. The topological polar surface area (TPSA) is 127 Å². The summed E-state index contributed by atoms with van der Waals surface area (Å²) in [5.41, 5.74) is 0.424. The highest BCUT2D eigenvalue weighted by atomic mass is 16.5. The lowest BCUT2D eigenvalue weighted by Gasteiger charge is -1.99. The highest BCUT2D eigenvalue weighted by Gasteiger charge is 2.05. The van der Waals surface area contributed by atoms with Crippen LogP contribution in [-0.4, -0.2) is 47.8 Å². The lowest BCUT2D eigenvalue weighted by Crippen LogP contribution is -2.03. The fourth-order valence-electron chi connectivity index (χ4n) is 0.792. The van der Waals surface area contributed by atoms with Crippen LogP contribution >= 0.6 is 0 Å². The summed E-state index contributed by atoms with van der Waals surface area (Å²) in [6.07, 6.45) is 3.59. The Hall–Kier alpha value is -3.16. The van der Waals surface area contributed by atoms with Crippen molar-refractivity contribution in [3.8, 4) is 0 Å². The summed E-state index contributed by atoms with van der Waals surface area (Å²) in [6, 6.07) is 0. The molecule has 0 amide bonds. The van der Waals surface area contributed by atoms with Crippen LogP contribution < -0.4 is 0 Å². The van der Waals surface area contributed by atoms with Crippen molar-refractivity contribution in [3.05, 3.63) is 49.1 Å². The number of esters is 2. The van der Waals surface area contributed by atoms with E-state index < -0.39 is 17.9 Å². The molecule has 0 atom stereocenters. The van der Waals surface area contributed by atoms with Gasteiger partial charge in [0.25, 0.3) is 0 Å². The normalized spacial score (nSPS) is 9.00. The van der Waals surface area contributed by atoms with Crippen molar-refractivity contribution < 1.29 is 38.9 Å². The maximum Gasteiger partial charge on any atom is 0.333 e. The van der Waals surface area contributed by atoms with E-state index in [1.165, 1.54) is 20.1 Å². The number of ether oxygens (including phenoxy) is 2. The molecule has 0 aliphatic heterocycles. The van der Waals surface area contributed by atoms with E-state index >= 15 is 0 Å². The zero-order valence-electron chi connectivity index (χ0n) is 14.6. The van der Waals surface area contributed by atoms with Gasteiger partial charge >= 0.3 is 23.9 Å². The minimum atomic E-state index is -1.00. The number of methoxy groups -OCH3 is 1. The molecule has 0 rings (SSSR count). The highest BCUT2D eigenvalue weighted by molar-refractivity contribution is 5.89. The summed E-state index contributed by atoms with van der Waals surface area (Å²) in [5, 5.41) is 16.1. The van der Waals surface area contributed by atoms with Gasteiger partial charge in [0, 0.05) is 23.3 Å². The van der Waals surface area contributed by atoms with E-state index in [1.807, 2.05) is 0 Å². The Kier molecular flexibility index (Phi) is 18.4. The molecule has 0 fully saturated rings. The van der Waals surface area contributed by atoms with Crippen LogP contribution in [0.3, 0.4) is 0 Å². The number of aliphatic carboxylic acids is 2. The standard InChI is InChI=1S/C9H12O4.C5H8O2.C3H4O2/c1-6(8(10)11)4-5-7(2)9(12)13-3;1-3-5(6)7-4-2;1-2-3(4)5/h4H,2,5H2,1,3H3,(H,10,11);3H,1,4H2,2H3;2H,1H2,(H,4,5). The minimum Gasteiger partial charge on any atom is -0.478 e. The van der Waals surface area contributed by atoms with Gasteiger partial charge in [0.05, 0.1) is 13.7 Å². The average molecular weight is 356 g/mol. The fourth-order valence-corrected chi connectivity index (χ4v) is 0.792. The van der Waals surface area contributed by atoms with Gasteiger partial charge in [-0.3, -0.25) is 0 Å². The fraction of sp³-hybridized carbons (Fsp3) is 0.294. The molecule has 0 saturated heterocycles. The lowest BCUT2D eigenvalue weighted by molar-refractivity contribution is -0.137. The predicted molar refractivity (Wildman–Crippen MR) is 91.8 cm³/mol. The molecule has 0 heterocycles. The molecular formula is C17H24O8. The summed E-state index contributed by atoms with van der Waals surface area (Å²) < 4.78 is 8.82. The molecule has 0 spiro atoms. The van der Waals surface area contributed by atoms with Crippen molar-refractivity contribution in [1.82, 2.24) is 0 Å². The van der Waals surface area contributed by atoms with Crippen LogP contribution in [0.1, 0.15) is 20.3 Å². The molecule has 0 aromatic heterocycles. The Bertz CT molecular complexity index is 529. The van der Waals surface area contributed by atoms with Crippen LogP contribution in [0.5, 0.6) is 0 Å². The average Bonchev–Trinajstić information content (AvgIpc) is 2.59. The first kappa shape index (κ1) is 26.7. The van der Waals surface area contributed by atoms with Crippen molar-refractivity contribution in [1.29, 1.82) is 0 Å². The molecule has 0 aliphatic rings. The van der Waals surface area contributed by atoms with E-state index in [-0.39, 0.29) is 23.5 Å². The van der Waals surface area contributed by atoms with Crippen LogP contribution in [0.2, 0.25) is 0 Å². The van der Waals surface area contributed by atoms with Gasteiger partial charge in [-0.2, -0.15) is 0 Å². The van der Waals surface area contributed by atoms with E-state index in [0.29, 0.717) is 6.61 Å². The van der Waals surface area contributed by atoms with Crippen LogP contribution in [0.25, 0.3) is 0 Å². The van der Waals surface area contributed by atoms with E-state index in [4.69, 9.17) is 10.2 Å². The van der Waals surface area contributed by atoms with Crippen LogP contribution in [-0.2, 0) is 28.7 Å². The number of allylic oxidation sites excluding steroid dienone is 1. The van der Waals surface area contributed by atoms with Gasteiger partial charge < -0.3 is 19.7 Å². The molecular weight excluding hydrogens is 332 g/mol. The Morgan fingerprint density at radius 1 is 1.08 bits per heavy atom. The third-order valence-electron chi connectivity index (χ3n) is 2.09. The summed E-state index contributed by atoms with van der Waals surface area (Å²) >= 11 is 0. The van der Waals surface area contributed by atoms with Gasteiger partial charge in [0.2, 0.25) is 0 Å². The zero-order chi connectivity index (χ0) is 20.4. The maximum atomic E-state index is 10.8. The first-order chi connectivity index (χ1) is 11.6. The largest absolute Gasteiger partial charge is 0.478 e. The second-order valence-electron chi connectivity index (χ2n) is 3.99. The molecule has 0 unspecified atom stereocenters. The Morgan fingerprint density at radius 2 is 1.56 bits per heavy atom. The molecule has 0 aliphatic carbocycles. The third kappa shape index (κ3) is 20.8. The SMILES string of the molecule is C=C(CC=C(C)C(=O)O)C(=O)OC.C=CC(=O)O.C=CC(=O)OCC. The monoisotopic (exact) mass is 356 g/mol. The third-order valence-corrected chi connectivity index (χ3v) is 2.09. The van der Waals surface area contributed by atoms with Crippen molar-refractivity contribution in [2.75, 3.05) is 13.7 Å². The number of carbonyl (C=O) groups is 4. The minimum absolute atomic E-state index is 0.185. The van der Waals surface area contributed by atoms with Crippen molar-refractivity contribution in [2.45, 2.75) is 20.3 Å². The van der Waals surface area contributed by atoms with Gasteiger partial charge in [-0.15, -0.1) is 0 Å². The summed E-state index contributed by atoms with van der Waals surface area (Å²) in [6.45, 7) is 13.2. The second kappa shape index (κ2) is 17.2.